The molecule has 6 heteroatoms. The highest BCUT2D eigenvalue weighted by Crippen LogP contribution is 2.40. The molecular weight excluding hydrogens is 430 g/mol. The standard InChI is InChI=1S/C27H31N3O2S/c1-4-30(5-2)21-14-12-20(13-15-21)28-26(32)24-22-16-11-18(3)17-23(22)33-27(24)29-25(31)19-9-7-6-8-10-19/h6-10,12-15,18H,4-5,11,16-17H2,1-3H3,(H,28,32)(H,29,31). The van der Waals surface area contributed by atoms with E-state index in [0.717, 1.165) is 49.3 Å². The Balaban J connectivity index is 1.60. The minimum absolute atomic E-state index is 0.166. The fourth-order valence-corrected chi connectivity index (χ4v) is 5.79. The van der Waals surface area contributed by atoms with Gasteiger partial charge in [0.2, 0.25) is 0 Å². The maximum atomic E-state index is 13.4. The number of fused-ring (bicyclic) bond motifs is 1. The van der Waals surface area contributed by atoms with Crippen molar-refractivity contribution in [2.24, 2.45) is 5.92 Å². The first-order valence-corrected chi connectivity index (χ1v) is 12.5. The van der Waals surface area contributed by atoms with Gasteiger partial charge in [-0.2, -0.15) is 0 Å². The Hall–Kier alpha value is -3.12. The van der Waals surface area contributed by atoms with Gasteiger partial charge in [-0.3, -0.25) is 9.59 Å². The molecule has 0 fully saturated rings. The van der Waals surface area contributed by atoms with Gasteiger partial charge < -0.3 is 15.5 Å². The number of benzene rings is 2. The topological polar surface area (TPSA) is 61.4 Å². The summed E-state index contributed by atoms with van der Waals surface area (Å²) in [5.74, 6) is 0.221. The van der Waals surface area contributed by atoms with Gasteiger partial charge in [0.05, 0.1) is 5.56 Å². The number of carbonyl (C=O) groups is 2. The van der Waals surface area contributed by atoms with Gasteiger partial charge in [0.15, 0.2) is 0 Å². The molecule has 3 aromatic rings. The van der Waals surface area contributed by atoms with Gasteiger partial charge in [0.1, 0.15) is 5.00 Å². The number of hydrogen-bond donors (Lipinski definition) is 2. The number of rotatable bonds is 7. The quantitative estimate of drug-likeness (QED) is 0.439. The summed E-state index contributed by atoms with van der Waals surface area (Å²) >= 11 is 1.54. The van der Waals surface area contributed by atoms with Crippen LogP contribution in [-0.2, 0) is 12.8 Å². The minimum atomic E-state index is -0.195. The van der Waals surface area contributed by atoms with Crippen LogP contribution in [0.5, 0.6) is 0 Å². The van der Waals surface area contributed by atoms with Crippen LogP contribution in [0.15, 0.2) is 54.6 Å². The molecule has 1 atom stereocenters. The van der Waals surface area contributed by atoms with Gasteiger partial charge in [-0.05, 0) is 81.0 Å². The first-order chi connectivity index (χ1) is 16.0. The van der Waals surface area contributed by atoms with E-state index in [2.05, 4.69) is 36.3 Å². The van der Waals surface area contributed by atoms with E-state index < -0.39 is 0 Å². The maximum absolute atomic E-state index is 13.4. The largest absolute Gasteiger partial charge is 0.372 e. The highest BCUT2D eigenvalue weighted by molar-refractivity contribution is 7.17. The van der Waals surface area contributed by atoms with Crippen LogP contribution in [0.1, 0.15) is 58.3 Å². The van der Waals surface area contributed by atoms with Crippen LogP contribution in [0, 0.1) is 5.92 Å². The van der Waals surface area contributed by atoms with Gasteiger partial charge in [-0.1, -0.05) is 25.1 Å². The molecule has 33 heavy (non-hydrogen) atoms. The number of thiophene rings is 1. The van der Waals surface area contributed by atoms with E-state index in [0.29, 0.717) is 22.0 Å². The van der Waals surface area contributed by atoms with Crippen molar-refractivity contribution >= 4 is 39.5 Å². The molecule has 0 saturated heterocycles. The predicted molar refractivity (Wildman–Crippen MR) is 138 cm³/mol. The normalized spacial score (nSPS) is 14.9. The molecule has 172 valence electrons. The molecule has 2 N–H and O–H groups in total. The summed E-state index contributed by atoms with van der Waals surface area (Å²) in [5.41, 5.74) is 4.16. The molecule has 1 aliphatic carbocycles. The summed E-state index contributed by atoms with van der Waals surface area (Å²) in [6.45, 7) is 8.37. The number of nitrogens with zero attached hydrogens (tertiary/aromatic N) is 1. The lowest BCUT2D eigenvalue weighted by Gasteiger charge is -2.21. The third-order valence-corrected chi connectivity index (χ3v) is 7.43. The zero-order valence-corrected chi connectivity index (χ0v) is 20.3. The summed E-state index contributed by atoms with van der Waals surface area (Å²) in [6.07, 6.45) is 2.85. The van der Waals surface area contributed by atoms with E-state index in [1.165, 1.54) is 4.88 Å². The summed E-state index contributed by atoms with van der Waals surface area (Å²) < 4.78 is 0. The molecule has 4 rings (SSSR count). The lowest BCUT2D eigenvalue weighted by Crippen LogP contribution is -2.22. The van der Waals surface area contributed by atoms with Crippen LogP contribution in [0.3, 0.4) is 0 Å². The molecule has 2 amide bonds. The zero-order chi connectivity index (χ0) is 23.4. The predicted octanol–water partition coefficient (Wildman–Crippen LogP) is 6.22. The molecule has 2 aromatic carbocycles. The van der Waals surface area contributed by atoms with E-state index >= 15 is 0 Å². The highest BCUT2D eigenvalue weighted by atomic mass is 32.1. The van der Waals surface area contributed by atoms with Gasteiger partial charge in [0.25, 0.3) is 11.8 Å². The van der Waals surface area contributed by atoms with Crippen LogP contribution < -0.4 is 15.5 Å². The van der Waals surface area contributed by atoms with E-state index in [1.54, 1.807) is 23.5 Å². The molecule has 0 saturated carbocycles. The molecule has 0 radical (unpaired) electrons. The third kappa shape index (κ3) is 5.11. The second-order valence-corrected chi connectivity index (χ2v) is 9.65. The van der Waals surface area contributed by atoms with E-state index in [-0.39, 0.29) is 11.8 Å². The Bertz CT molecular complexity index is 1120. The van der Waals surface area contributed by atoms with Crippen molar-refractivity contribution in [3.8, 4) is 0 Å². The van der Waals surface area contributed by atoms with Crippen molar-refractivity contribution < 1.29 is 9.59 Å². The average molecular weight is 462 g/mol. The van der Waals surface area contributed by atoms with Gasteiger partial charge in [-0.15, -0.1) is 11.3 Å². The number of nitrogens with one attached hydrogen (secondary N) is 2. The number of anilines is 3. The van der Waals surface area contributed by atoms with Crippen molar-refractivity contribution in [2.75, 3.05) is 28.6 Å². The highest BCUT2D eigenvalue weighted by Gasteiger charge is 2.28. The third-order valence-electron chi connectivity index (χ3n) is 6.26. The maximum Gasteiger partial charge on any atom is 0.258 e. The molecule has 0 bridgehead atoms. The summed E-state index contributed by atoms with van der Waals surface area (Å²) in [5, 5.41) is 6.72. The van der Waals surface area contributed by atoms with Crippen LogP contribution in [0.4, 0.5) is 16.4 Å². The Labute approximate surface area is 199 Å². The average Bonchev–Trinajstić information content (AvgIpc) is 3.18. The molecule has 0 aliphatic heterocycles. The van der Waals surface area contributed by atoms with Crippen molar-refractivity contribution in [3.05, 3.63) is 76.2 Å². The number of amides is 2. The fourth-order valence-electron chi connectivity index (χ4n) is 4.38. The number of hydrogen-bond acceptors (Lipinski definition) is 4. The van der Waals surface area contributed by atoms with E-state index in [9.17, 15) is 9.59 Å². The smallest absolute Gasteiger partial charge is 0.258 e. The first-order valence-electron chi connectivity index (χ1n) is 11.7. The Kier molecular flexibility index (Phi) is 7.14. The molecule has 1 aromatic heterocycles. The molecule has 1 unspecified atom stereocenters. The number of carbonyl (C=O) groups excluding carboxylic acids is 2. The lowest BCUT2D eigenvalue weighted by atomic mass is 9.88. The lowest BCUT2D eigenvalue weighted by molar-refractivity contribution is 0.102. The van der Waals surface area contributed by atoms with Gasteiger partial charge >= 0.3 is 0 Å². The Morgan fingerprint density at radius 2 is 1.67 bits per heavy atom. The van der Waals surface area contributed by atoms with Gasteiger partial charge in [-0.25, -0.2) is 0 Å². The van der Waals surface area contributed by atoms with Crippen molar-refractivity contribution in [1.29, 1.82) is 0 Å². The molecule has 0 spiro atoms. The fraction of sp³-hybridized carbons (Fsp3) is 0.333. The first kappa shape index (κ1) is 23.1. The minimum Gasteiger partial charge on any atom is -0.372 e. The van der Waals surface area contributed by atoms with E-state index in [4.69, 9.17) is 0 Å². The molecule has 1 heterocycles. The van der Waals surface area contributed by atoms with Crippen LogP contribution in [-0.4, -0.2) is 24.9 Å². The van der Waals surface area contributed by atoms with Crippen molar-refractivity contribution in [3.63, 3.8) is 0 Å². The molecular formula is C27H31N3O2S. The SMILES string of the molecule is CCN(CC)c1ccc(NC(=O)c2c(NC(=O)c3ccccc3)sc3c2CCC(C)C3)cc1. The Morgan fingerprint density at radius 1 is 0.970 bits per heavy atom. The van der Waals surface area contributed by atoms with Crippen LogP contribution in [0.2, 0.25) is 0 Å². The monoisotopic (exact) mass is 461 g/mol. The second kappa shape index (κ2) is 10.2. The molecule has 1 aliphatic rings. The Morgan fingerprint density at radius 3 is 2.33 bits per heavy atom. The summed E-state index contributed by atoms with van der Waals surface area (Å²) in [4.78, 5) is 29.7. The second-order valence-electron chi connectivity index (χ2n) is 8.55. The van der Waals surface area contributed by atoms with Gasteiger partial charge in [0, 0.05) is 34.9 Å². The van der Waals surface area contributed by atoms with Crippen LogP contribution in [0.25, 0.3) is 0 Å². The van der Waals surface area contributed by atoms with E-state index in [1.807, 2.05) is 42.5 Å². The summed E-state index contributed by atoms with van der Waals surface area (Å²) in [6, 6.07) is 17.1. The van der Waals surface area contributed by atoms with Crippen molar-refractivity contribution in [1.82, 2.24) is 0 Å². The molecule has 5 nitrogen and oxygen atoms in total. The zero-order valence-electron chi connectivity index (χ0n) is 19.5. The summed E-state index contributed by atoms with van der Waals surface area (Å²) in [7, 11) is 0. The van der Waals surface area contributed by atoms with Crippen LogP contribution >= 0.6 is 11.3 Å². The van der Waals surface area contributed by atoms with Crippen molar-refractivity contribution in [2.45, 2.75) is 40.0 Å².